The summed E-state index contributed by atoms with van der Waals surface area (Å²) in [6.45, 7) is 8.07. The van der Waals surface area contributed by atoms with Gasteiger partial charge in [0.05, 0.1) is 23.8 Å². The summed E-state index contributed by atoms with van der Waals surface area (Å²) in [4.78, 5) is 24.6. The maximum Gasteiger partial charge on any atom is 0.416 e. The molecular weight excluding hydrogens is 480 g/mol. The lowest BCUT2D eigenvalue weighted by Gasteiger charge is -2.45. The summed E-state index contributed by atoms with van der Waals surface area (Å²) in [5, 5.41) is 5.81. The van der Waals surface area contributed by atoms with Gasteiger partial charge in [-0.1, -0.05) is 20.8 Å². The zero-order valence-electron chi connectivity index (χ0n) is 20.2. The molecule has 3 unspecified atom stereocenters. The molecule has 0 aliphatic carbocycles. The summed E-state index contributed by atoms with van der Waals surface area (Å²) < 4.78 is 84.6. The van der Waals surface area contributed by atoms with E-state index in [9.17, 15) is 35.9 Å². The minimum atomic E-state index is -4.96. The van der Waals surface area contributed by atoms with Crippen LogP contribution in [0.5, 0.6) is 0 Å². The first-order valence-corrected chi connectivity index (χ1v) is 11.0. The Balaban J connectivity index is 2.15. The number of halogens is 6. The molecule has 1 aliphatic rings. The predicted molar refractivity (Wildman–Crippen MR) is 116 cm³/mol. The molecule has 0 spiro atoms. The molecule has 1 aromatic carbocycles. The van der Waals surface area contributed by atoms with Crippen LogP contribution in [0.15, 0.2) is 18.2 Å². The van der Waals surface area contributed by atoms with Crippen LogP contribution in [0.4, 0.5) is 26.3 Å². The van der Waals surface area contributed by atoms with Crippen molar-refractivity contribution in [2.75, 3.05) is 13.2 Å². The molecule has 12 heteroatoms. The average Bonchev–Trinajstić information content (AvgIpc) is 2.71. The van der Waals surface area contributed by atoms with Gasteiger partial charge in [0.2, 0.25) is 11.8 Å². The third-order valence-electron chi connectivity index (χ3n) is 6.16. The van der Waals surface area contributed by atoms with Gasteiger partial charge in [-0.25, -0.2) is 0 Å². The maximum absolute atomic E-state index is 13.2. The van der Waals surface area contributed by atoms with Crippen LogP contribution in [0.2, 0.25) is 0 Å². The topological polar surface area (TPSA) is 93.4 Å². The largest absolute Gasteiger partial charge is 0.416 e. The van der Waals surface area contributed by atoms with Crippen molar-refractivity contribution in [3.05, 3.63) is 34.9 Å². The van der Waals surface area contributed by atoms with E-state index in [0.29, 0.717) is 18.6 Å². The van der Waals surface area contributed by atoms with Gasteiger partial charge in [-0.15, -0.1) is 0 Å². The Hall–Kier alpha value is -2.34. The highest BCUT2D eigenvalue weighted by Crippen LogP contribution is 2.38. The fourth-order valence-corrected chi connectivity index (χ4v) is 3.56. The van der Waals surface area contributed by atoms with E-state index in [0.717, 1.165) is 0 Å². The fraction of sp³-hybridized carbons (Fsp3) is 0.652. The minimum Gasteiger partial charge on any atom is -0.372 e. The first-order chi connectivity index (χ1) is 15.7. The Labute approximate surface area is 199 Å². The minimum absolute atomic E-state index is 0.0137. The van der Waals surface area contributed by atoms with Gasteiger partial charge in [0.25, 0.3) is 0 Å². The van der Waals surface area contributed by atoms with Gasteiger partial charge >= 0.3 is 12.4 Å². The van der Waals surface area contributed by atoms with Crippen molar-refractivity contribution in [3.63, 3.8) is 0 Å². The van der Waals surface area contributed by atoms with Gasteiger partial charge in [-0.2, -0.15) is 26.3 Å². The number of alkyl halides is 6. The van der Waals surface area contributed by atoms with Crippen molar-refractivity contribution in [2.45, 2.75) is 77.0 Å². The Morgan fingerprint density at radius 2 is 1.57 bits per heavy atom. The molecule has 2 amide bonds. The highest BCUT2D eigenvalue weighted by Gasteiger charge is 2.46. The lowest BCUT2D eigenvalue weighted by Crippen LogP contribution is -2.70. The van der Waals surface area contributed by atoms with Gasteiger partial charge in [-0.3, -0.25) is 9.59 Å². The SMILES string of the molecule is CC(OCC1(C)CCC(NC(=O)C(C)(C)C)(C(N)=O)CN1)c1cc(C(F)(F)F)cc(C(F)(F)F)c1. The second-order valence-corrected chi connectivity index (χ2v) is 10.4. The number of hydrogen-bond donors (Lipinski definition) is 3. The van der Waals surface area contributed by atoms with Crippen molar-refractivity contribution >= 4 is 11.8 Å². The number of carbonyl (C=O) groups is 2. The molecular formula is C23H31F6N3O3. The monoisotopic (exact) mass is 511 g/mol. The van der Waals surface area contributed by atoms with E-state index in [1.165, 1.54) is 6.92 Å². The molecule has 35 heavy (non-hydrogen) atoms. The van der Waals surface area contributed by atoms with Crippen LogP contribution in [-0.4, -0.2) is 36.0 Å². The number of amides is 2. The predicted octanol–water partition coefficient (Wildman–Crippen LogP) is 4.33. The highest BCUT2D eigenvalue weighted by atomic mass is 19.4. The number of nitrogens with one attached hydrogen (secondary N) is 2. The number of nitrogens with two attached hydrogens (primary N) is 1. The number of benzene rings is 1. The van der Waals surface area contributed by atoms with Crippen molar-refractivity contribution in [1.29, 1.82) is 0 Å². The smallest absolute Gasteiger partial charge is 0.372 e. The Morgan fingerprint density at radius 3 is 1.94 bits per heavy atom. The second-order valence-electron chi connectivity index (χ2n) is 10.4. The van der Waals surface area contributed by atoms with Gasteiger partial charge in [0.1, 0.15) is 5.54 Å². The van der Waals surface area contributed by atoms with E-state index in [1.807, 2.05) is 0 Å². The molecule has 0 radical (unpaired) electrons. The molecule has 1 saturated heterocycles. The summed E-state index contributed by atoms with van der Waals surface area (Å²) >= 11 is 0. The number of hydrogen-bond acceptors (Lipinski definition) is 4. The van der Waals surface area contributed by atoms with Crippen LogP contribution in [0.1, 0.15) is 70.3 Å². The fourth-order valence-electron chi connectivity index (χ4n) is 3.56. The third kappa shape index (κ3) is 7.09. The molecule has 1 fully saturated rings. The summed E-state index contributed by atoms with van der Waals surface area (Å²) in [5.41, 5.74) is -0.397. The number of rotatable bonds is 6. The van der Waals surface area contributed by atoms with Gasteiger partial charge < -0.3 is 21.1 Å². The highest BCUT2D eigenvalue weighted by molar-refractivity contribution is 5.92. The van der Waals surface area contributed by atoms with Crippen LogP contribution in [-0.2, 0) is 26.7 Å². The Kier molecular flexibility index (Phi) is 7.93. The van der Waals surface area contributed by atoms with E-state index in [4.69, 9.17) is 10.5 Å². The zero-order chi connectivity index (χ0) is 27.0. The molecule has 0 aromatic heterocycles. The third-order valence-corrected chi connectivity index (χ3v) is 6.16. The average molecular weight is 512 g/mol. The summed E-state index contributed by atoms with van der Waals surface area (Å²) in [6.07, 6.45) is -10.5. The number of piperidine rings is 1. The number of carbonyl (C=O) groups excluding carboxylic acids is 2. The standard InChI is InChI=1S/C23H31F6N3O3/c1-13(14-8-15(22(24,25)26)10-16(9-14)23(27,28)29)35-12-20(5)6-7-21(11-31-20,17(30)33)32-18(34)19(2,3)4/h8-10,13,31H,6-7,11-12H2,1-5H3,(H2,30,33)(H,32,34). The lowest BCUT2D eigenvalue weighted by molar-refractivity contribution is -0.143. The normalized spacial score (nSPS) is 24.7. The van der Waals surface area contributed by atoms with Gasteiger partial charge in [0, 0.05) is 17.5 Å². The number of primary amides is 1. The molecule has 0 bridgehead atoms. The molecule has 198 valence electrons. The van der Waals surface area contributed by atoms with Crippen LogP contribution >= 0.6 is 0 Å². The zero-order valence-corrected chi connectivity index (χ0v) is 20.2. The van der Waals surface area contributed by atoms with Gasteiger partial charge in [-0.05, 0) is 50.5 Å². The Morgan fingerprint density at radius 1 is 1.06 bits per heavy atom. The molecule has 3 atom stereocenters. The van der Waals surface area contributed by atoms with Crippen LogP contribution in [0.3, 0.4) is 0 Å². The molecule has 1 heterocycles. The molecule has 1 aliphatic heterocycles. The summed E-state index contributed by atoms with van der Waals surface area (Å²) in [6, 6.07) is 1.34. The van der Waals surface area contributed by atoms with Crippen LogP contribution in [0.25, 0.3) is 0 Å². The van der Waals surface area contributed by atoms with Crippen molar-refractivity contribution in [1.82, 2.24) is 10.6 Å². The molecule has 0 saturated carbocycles. The van der Waals surface area contributed by atoms with Crippen molar-refractivity contribution in [3.8, 4) is 0 Å². The van der Waals surface area contributed by atoms with E-state index in [2.05, 4.69) is 10.6 Å². The van der Waals surface area contributed by atoms with E-state index >= 15 is 0 Å². The first kappa shape index (κ1) is 28.9. The summed E-state index contributed by atoms with van der Waals surface area (Å²) in [5.74, 6) is -1.08. The molecule has 6 nitrogen and oxygen atoms in total. The first-order valence-electron chi connectivity index (χ1n) is 11.0. The van der Waals surface area contributed by atoms with Crippen molar-refractivity contribution < 1.29 is 40.7 Å². The van der Waals surface area contributed by atoms with E-state index in [-0.39, 0.29) is 37.1 Å². The lowest BCUT2D eigenvalue weighted by atomic mass is 9.79. The van der Waals surface area contributed by atoms with Gasteiger partial charge in [0.15, 0.2) is 0 Å². The van der Waals surface area contributed by atoms with E-state index < -0.39 is 52.0 Å². The quantitative estimate of drug-likeness (QED) is 0.496. The van der Waals surface area contributed by atoms with Crippen molar-refractivity contribution in [2.24, 2.45) is 11.1 Å². The molecule has 2 rings (SSSR count). The molecule has 4 N–H and O–H groups in total. The summed E-state index contributed by atoms with van der Waals surface area (Å²) in [7, 11) is 0. The maximum atomic E-state index is 13.2. The van der Waals surface area contributed by atoms with Crippen LogP contribution < -0.4 is 16.4 Å². The van der Waals surface area contributed by atoms with Crippen LogP contribution in [0, 0.1) is 5.41 Å². The molecule has 1 aromatic rings. The second kappa shape index (κ2) is 9.61. The van der Waals surface area contributed by atoms with E-state index in [1.54, 1.807) is 27.7 Å². The Bertz CT molecular complexity index is 913. The number of ether oxygens (including phenoxy) is 1.